The average molecular weight is 250 g/mol. The van der Waals surface area contributed by atoms with Crippen LogP contribution in [-0.2, 0) is 0 Å². The summed E-state index contributed by atoms with van der Waals surface area (Å²) >= 11 is 0. The normalized spacial score (nSPS) is 9.05. The van der Waals surface area contributed by atoms with Gasteiger partial charge >= 0.3 is 0 Å². The van der Waals surface area contributed by atoms with E-state index in [-0.39, 0.29) is 5.56 Å². The van der Waals surface area contributed by atoms with Gasteiger partial charge in [0.15, 0.2) is 0 Å². The second kappa shape index (κ2) is 6.23. The van der Waals surface area contributed by atoms with Gasteiger partial charge in [-0.2, -0.15) is 5.26 Å². The van der Waals surface area contributed by atoms with Crippen LogP contribution in [0.3, 0.4) is 0 Å². The fraction of sp³-hybridized carbons (Fsp3) is 0.0625. The van der Waals surface area contributed by atoms with Crippen LogP contribution in [0.4, 0.5) is 10.1 Å². The molecule has 2 aromatic carbocycles. The van der Waals surface area contributed by atoms with Gasteiger partial charge in [0.2, 0.25) is 0 Å². The number of hydrogen-bond acceptors (Lipinski definition) is 2. The number of benzene rings is 2. The zero-order chi connectivity index (χ0) is 13.5. The fourth-order valence-electron chi connectivity index (χ4n) is 1.59. The van der Waals surface area contributed by atoms with Gasteiger partial charge in [0, 0.05) is 5.56 Å². The highest BCUT2D eigenvalue weighted by Gasteiger charge is 2.05. The molecule has 0 saturated heterocycles. The van der Waals surface area contributed by atoms with Crippen molar-refractivity contribution in [3.63, 3.8) is 0 Å². The Kier molecular flexibility index (Phi) is 4.16. The van der Waals surface area contributed by atoms with Gasteiger partial charge in [-0.15, -0.1) is 0 Å². The monoisotopic (exact) mass is 250 g/mol. The molecular weight excluding hydrogens is 239 g/mol. The second-order valence-electron chi connectivity index (χ2n) is 3.80. The van der Waals surface area contributed by atoms with Crippen LogP contribution in [-0.4, -0.2) is 6.54 Å². The summed E-state index contributed by atoms with van der Waals surface area (Å²) in [5, 5.41) is 11.8. The molecule has 0 heterocycles. The molecule has 1 N–H and O–H groups in total. The molecule has 2 rings (SSSR count). The zero-order valence-corrected chi connectivity index (χ0v) is 10.2. The standard InChI is InChI=1S/C16H11FN2/c17-15-9-4-10-16(14(15)12-18)19-11-5-8-13-6-2-1-3-7-13/h1-4,6-7,9-10,19H,11H2. The predicted octanol–water partition coefficient (Wildman–Crippen LogP) is 3.16. The van der Waals surface area contributed by atoms with Crippen molar-refractivity contribution in [3.8, 4) is 17.9 Å². The third-order valence-corrected chi connectivity index (χ3v) is 2.50. The van der Waals surface area contributed by atoms with Gasteiger partial charge in [-0.3, -0.25) is 0 Å². The Bertz CT molecular complexity index is 661. The summed E-state index contributed by atoms with van der Waals surface area (Å²) in [5.41, 5.74) is 1.40. The smallest absolute Gasteiger partial charge is 0.143 e. The van der Waals surface area contributed by atoms with Gasteiger partial charge in [-0.25, -0.2) is 4.39 Å². The first-order valence-corrected chi connectivity index (χ1v) is 5.77. The molecule has 0 aliphatic rings. The summed E-state index contributed by atoms with van der Waals surface area (Å²) in [5.74, 6) is 5.38. The zero-order valence-electron chi connectivity index (χ0n) is 10.2. The number of hydrogen-bond donors (Lipinski definition) is 1. The van der Waals surface area contributed by atoms with E-state index in [1.165, 1.54) is 6.07 Å². The van der Waals surface area contributed by atoms with Crippen LogP contribution in [0.5, 0.6) is 0 Å². The van der Waals surface area contributed by atoms with Crippen LogP contribution in [0.1, 0.15) is 11.1 Å². The van der Waals surface area contributed by atoms with E-state index in [2.05, 4.69) is 17.2 Å². The lowest BCUT2D eigenvalue weighted by molar-refractivity contribution is 0.624. The summed E-state index contributed by atoms with van der Waals surface area (Å²) in [6, 6.07) is 15.9. The minimum absolute atomic E-state index is 0.0176. The van der Waals surface area contributed by atoms with Crippen molar-refractivity contribution in [2.75, 3.05) is 11.9 Å². The first kappa shape index (κ1) is 12.7. The van der Waals surface area contributed by atoms with Crippen molar-refractivity contribution in [2.24, 2.45) is 0 Å². The van der Waals surface area contributed by atoms with Crippen LogP contribution in [0, 0.1) is 29.0 Å². The largest absolute Gasteiger partial charge is 0.373 e. The number of nitrogens with one attached hydrogen (secondary N) is 1. The molecule has 2 aromatic rings. The van der Waals surface area contributed by atoms with Gasteiger partial charge in [0.1, 0.15) is 17.4 Å². The highest BCUT2D eigenvalue weighted by Crippen LogP contribution is 2.17. The molecule has 0 spiro atoms. The van der Waals surface area contributed by atoms with Crippen molar-refractivity contribution in [2.45, 2.75) is 0 Å². The number of anilines is 1. The Balaban J connectivity index is 2.03. The summed E-state index contributed by atoms with van der Waals surface area (Å²) in [7, 11) is 0. The highest BCUT2D eigenvalue weighted by atomic mass is 19.1. The van der Waals surface area contributed by atoms with Crippen molar-refractivity contribution >= 4 is 5.69 Å². The van der Waals surface area contributed by atoms with Crippen molar-refractivity contribution in [1.29, 1.82) is 5.26 Å². The lowest BCUT2D eigenvalue weighted by atomic mass is 10.2. The molecule has 0 amide bonds. The van der Waals surface area contributed by atoms with Crippen LogP contribution in [0.25, 0.3) is 0 Å². The van der Waals surface area contributed by atoms with Crippen LogP contribution < -0.4 is 5.32 Å². The molecule has 0 aliphatic heterocycles. The molecule has 0 unspecified atom stereocenters. The lowest BCUT2D eigenvalue weighted by Crippen LogP contribution is -2.02. The second-order valence-corrected chi connectivity index (χ2v) is 3.80. The number of halogens is 1. The van der Waals surface area contributed by atoms with E-state index in [9.17, 15) is 4.39 Å². The van der Waals surface area contributed by atoms with E-state index in [4.69, 9.17) is 5.26 Å². The minimum atomic E-state index is -0.525. The maximum absolute atomic E-state index is 13.3. The Morgan fingerprint density at radius 2 is 1.84 bits per heavy atom. The molecule has 0 aromatic heterocycles. The van der Waals surface area contributed by atoms with Gasteiger partial charge in [0.25, 0.3) is 0 Å². The summed E-state index contributed by atoms with van der Waals surface area (Å²) in [4.78, 5) is 0. The SMILES string of the molecule is N#Cc1c(F)cccc1NCC#Cc1ccccc1. The highest BCUT2D eigenvalue weighted by molar-refractivity contribution is 5.58. The van der Waals surface area contributed by atoms with Crippen molar-refractivity contribution in [1.82, 2.24) is 0 Å². The molecule has 0 aliphatic carbocycles. The fourth-order valence-corrected chi connectivity index (χ4v) is 1.59. The molecular formula is C16H11FN2. The van der Waals surface area contributed by atoms with E-state index in [0.717, 1.165) is 5.56 Å². The molecule has 0 fully saturated rings. The topological polar surface area (TPSA) is 35.8 Å². The van der Waals surface area contributed by atoms with Crippen molar-refractivity contribution < 1.29 is 4.39 Å². The summed E-state index contributed by atoms with van der Waals surface area (Å²) in [6.07, 6.45) is 0. The Labute approximate surface area is 111 Å². The minimum Gasteiger partial charge on any atom is -0.373 e. The molecule has 19 heavy (non-hydrogen) atoms. The van der Waals surface area contributed by atoms with Gasteiger partial charge in [0.05, 0.1) is 12.2 Å². The van der Waals surface area contributed by atoms with Gasteiger partial charge < -0.3 is 5.32 Å². The summed E-state index contributed by atoms with van der Waals surface area (Å²) in [6.45, 7) is 0.354. The van der Waals surface area contributed by atoms with Gasteiger partial charge in [-0.05, 0) is 24.3 Å². The molecule has 0 radical (unpaired) electrons. The molecule has 0 bridgehead atoms. The van der Waals surface area contributed by atoms with E-state index in [0.29, 0.717) is 12.2 Å². The van der Waals surface area contributed by atoms with Crippen LogP contribution in [0.15, 0.2) is 48.5 Å². The third kappa shape index (κ3) is 3.34. The molecule has 2 nitrogen and oxygen atoms in total. The van der Waals surface area contributed by atoms with Crippen LogP contribution >= 0.6 is 0 Å². The Hall–Kier alpha value is -2.78. The number of rotatable bonds is 2. The molecule has 0 atom stereocenters. The van der Waals surface area contributed by atoms with Crippen LogP contribution in [0.2, 0.25) is 0 Å². The summed E-state index contributed by atoms with van der Waals surface area (Å²) < 4.78 is 13.3. The molecule has 0 saturated carbocycles. The quantitative estimate of drug-likeness (QED) is 0.831. The molecule has 92 valence electrons. The Morgan fingerprint density at radius 3 is 2.58 bits per heavy atom. The first-order valence-electron chi connectivity index (χ1n) is 5.77. The van der Waals surface area contributed by atoms with Crippen molar-refractivity contribution in [3.05, 3.63) is 65.5 Å². The first-order chi connectivity index (χ1) is 9.31. The third-order valence-electron chi connectivity index (χ3n) is 2.50. The Morgan fingerprint density at radius 1 is 1.05 bits per heavy atom. The van der Waals surface area contributed by atoms with Gasteiger partial charge in [-0.1, -0.05) is 36.1 Å². The molecule has 3 heteroatoms. The lowest BCUT2D eigenvalue weighted by Gasteiger charge is -2.04. The predicted molar refractivity (Wildman–Crippen MR) is 72.9 cm³/mol. The van der Waals surface area contributed by atoms with E-state index in [1.54, 1.807) is 12.1 Å². The maximum Gasteiger partial charge on any atom is 0.143 e. The average Bonchev–Trinajstić information content (AvgIpc) is 2.45. The van der Waals surface area contributed by atoms with E-state index in [1.807, 2.05) is 36.4 Å². The maximum atomic E-state index is 13.3. The van der Waals surface area contributed by atoms with E-state index >= 15 is 0 Å². The number of nitriles is 1. The number of nitrogens with zero attached hydrogens (tertiary/aromatic N) is 1. The van der Waals surface area contributed by atoms with E-state index < -0.39 is 5.82 Å².